The van der Waals surface area contributed by atoms with Crippen LogP contribution in [0, 0.1) is 0 Å². The molecule has 0 spiro atoms. The lowest BCUT2D eigenvalue weighted by molar-refractivity contribution is 0.588. The third kappa shape index (κ3) is 4.59. The summed E-state index contributed by atoms with van der Waals surface area (Å²) in [5.74, 6) is 0. The van der Waals surface area contributed by atoms with E-state index >= 15 is 0 Å². The lowest BCUT2D eigenvalue weighted by Gasteiger charge is -2.19. The molecule has 0 N–H and O–H groups in total. The van der Waals surface area contributed by atoms with Gasteiger partial charge in [-0.05, 0) is 41.3 Å². The van der Waals surface area contributed by atoms with Crippen LogP contribution in [0.1, 0.15) is 26.3 Å². The van der Waals surface area contributed by atoms with Crippen LogP contribution in [0.5, 0.6) is 0 Å². The molecule has 0 aliphatic carbocycles. The third-order valence-electron chi connectivity index (χ3n) is 5.81. The fourth-order valence-corrected chi connectivity index (χ4v) is 3.81. The smallest absolute Gasteiger partial charge is 0.0347 e. The van der Waals surface area contributed by atoms with Crippen molar-refractivity contribution in [1.29, 1.82) is 0 Å². The third-order valence-corrected chi connectivity index (χ3v) is 5.81. The molecule has 0 fully saturated rings. The number of nitrogens with zero attached hydrogens (tertiary/aromatic N) is 5. The van der Waals surface area contributed by atoms with Crippen molar-refractivity contribution in [2.24, 2.45) is 0 Å². The molecule has 0 saturated heterocycles. The highest BCUT2D eigenvalue weighted by Gasteiger charge is 2.15. The lowest BCUT2D eigenvalue weighted by Crippen LogP contribution is -2.11. The summed E-state index contributed by atoms with van der Waals surface area (Å²) < 4.78 is 0. The van der Waals surface area contributed by atoms with E-state index in [0.717, 1.165) is 44.5 Å². The van der Waals surface area contributed by atoms with E-state index in [9.17, 15) is 0 Å². The molecule has 34 heavy (non-hydrogen) atoms. The first-order valence-electron chi connectivity index (χ1n) is 11.2. The van der Waals surface area contributed by atoms with Gasteiger partial charge in [0.2, 0.25) is 0 Å². The predicted octanol–water partition coefficient (Wildman–Crippen LogP) is 6.63. The highest BCUT2D eigenvalue weighted by atomic mass is 14.7. The van der Waals surface area contributed by atoms with Gasteiger partial charge in [0, 0.05) is 106 Å². The maximum atomic E-state index is 4.51. The quantitative estimate of drug-likeness (QED) is 0.312. The topological polar surface area (TPSA) is 64.5 Å². The fourth-order valence-electron chi connectivity index (χ4n) is 3.81. The van der Waals surface area contributed by atoms with Gasteiger partial charge < -0.3 is 0 Å². The van der Waals surface area contributed by atoms with Crippen LogP contribution in [0.2, 0.25) is 0 Å². The molecule has 0 radical (unpaired) electrons. The summed E-state index contributed by atoms with van der Waals surface area (Å²) in [6.07, 6.45) is 18.6. The Morgan fingerprint density at radius 2 is 0.824 bits per heavy atom. The van der Waals surface area contributed by atoms with Gasteiger partial charge in [-0.1, -0.05) is 26.8 Å². The van der Waals surface area contributed by atoms with Crippen LogP contribution >= 0.6 is 0 Å². The average molecular weight is 444 g/mol. The first-order chi connectivity index (χ1) is 16.5. The minimum atomic E-state index is 0.0324. The molecule has 0 aliphatic heterocycles. The molecule has 5 aromatic heterocycles. The van der Waals surface area contributed by atoms with E-state index in [0.29, 0.717) is 0 Å². The average Bonchev–Trinajstić information content (AvgIpc) is 2.89. The number of rotatable bonds is 4. The van der Waals surface area contributed by atoms with E-state index in [1.165, 1.54) is 5.56 Å². The van der Waals surface area contributed by atoms with Crippen molar-refractivity contribution >= 4 is 0 Å². The van der Waals surface area contributed by atoms with Gasteiger partial charge in [0.25, 0.3) is 0 Å². The van der Waals surface area contributed by atoms with Crippen LogP contribution < -0.4 is 0 Å². The molecule has 0 saturated carbocycles. The van der Waals surface area contributed by atoms with Crippen LogP contribution in [0.25, 0.3) is 44.5 Å². The van der Waals surface area contributed by atoms with Crippen molar-refractivity contribution in [3.05, 3.63) is 104 Å². The molecule has 166 valence electrons. The van der Waals surface area contributed by atoms with E-state index in [4.69, 9.17) is 0 Å². The Bertz CT molecular complexity index is 1440. The molecule has 5 aromatic rings. The van der Waals surface area contributed by atoms with Gasteiger partial charge in [-0.25, -0.2) is 0 Å². The van der Waals surface area contributed by atoms with Crippen molar-refractivity contribution in [3.63, 3.8) is 0 Å². The molecule has 5 nitrogen and oxygen atoms in total. The van der Waals surface area contributed by atoms with Crippen LogP contribution in [-0.2, 0) is 5.41 Å². The Kier molecular flexibility index (Phi) is 5.68. The highest BCUT2D eigenvalue weighted by molar-refractivity contribution is 5.76. The van der Waals surface area contributed by atoms with Gasteiger partial charge >= 0.3 is 0 Å². The van der Waals surface area contributed by atoms with Gasteiger partial charge in [-0.15, -0.1) is 0 Å². The summed E-state index contributed by atoms with van der Waals surface area (Å²) in [6.45, 7) is 6.58. The van der Waals surface area contributed by atoms with E-state index in [1.807, 2.05) is 67.9 Å². The molecule has 0 unspecified atom stereocenters. The maximum absolute atomic E-state index is 4.51. The minimum Gasteiger partial charge on any atom is -0.264 e. The van der Waals surface area contributed by atoms with Gasteiger partial charge in [0.05, 0.1) is 0 Å². The number of aromatic nitrogens is 5. The van der Waals surface area contributed by atoms with Crippen molar-refractivity contribution in [2.45, 2.75) is 26.2 Å². The lowest BCUT2D eigenvalue weighted by atomic mass is 9.87. The number of hydrogen-bond donors (Lipinski definition) is 0. The van der Waals surface area contributed by atoms with Crippen LogP contribution in [0.4, 0.5) is 0 Å². The Labute approximate surface area is 199 Å². The fraction of sp³-hybridized carbons (Fsp3) is 0.138. The second-order valence-corrected chi connectivity index (χ2v) is 9.34. The summed E-state index contributed by atoms with van der Waals surface area (Å²) in [7, 11) is 0. The predicted molar refractivity (Wildman–Crippen MR) is 136 cm³/mol. The summed E-state index contributed by atoms with van der Waals surface area (Å²) in [5, 5.41) is 0. The van der Waals surface area contributed by atoms with Crippen LogP contribution in [0.15, 0.2) is 98.4 Å². The standard InChI is InChI=1S/C29H25N5/c1-29(2,3)28-10-27(18-34-19-28)26-9-25(16-33-17-26)24-8-23(14-32-15-24)22-7-21(12-31-13-22)20-5-4-6-30-11-20/h4-19H,1-3H3. The van der Waals surface area contributed by atoms with E-state index in [2.05, 4.69) is 70.0 Å². The van der Waals surface area contributed by atoms with Gasteiger partial charge in [-0.3, -0.25) is 24.9 Å². The highest BCUT2D eigenvalue weighted by Crippen LogP contribution is 2.31. The van der Waals surface area contributed by atoms with E-state index in [-0.39, 0.29) is 5.41 Å². The second-order valence-electron chi connectivity index (χ2n) is 9.34. The summed E-state index contributed by atoms with van der Waals surface area (Å²) in [6, 6.07) is 12.5. The number of pyridine rings is 5. The molecule has 5 heterocycles. The zero-order chi connectivity index (χ0) is 23.5. The minimum absolute atomic E-state index is 0.0324. The van der Waals surface area contributed by atoms with Crippen LogP contribution in [0.3, 0.4) is 0 Å². The van der Waals surface area contributed by atoms with Crippen molar-refractivity contribution in [3.8, 4) is 44.5 Å². The van der Waals surface area contributed by atoms with E-state index < -0.39 is 0 Å². The monoisotopic (exact) mass is 443 g/mol. The molecule has 5 heteroatoms. The Morgan fingerprint density at radius 3 is 1.24 bits per heavy atom. The zero-order valence-electron chi connectivity index (χ0n) is 19.5. The Balaban J connectivity index is 1.50. The molecule has 0 bridgehead atoms. The first-order valence-corrected chi connectivity index (χ1v) is 11.2. The summed E-state index contributed by atoms with van der Waals surface area (Å²) >= 11 is 0. The summed E-state index contributed by atoms with van der Waals surface area (Å²) in [4.78, 5) is 22.1. The van der Waals surface area contributed by atoms with Crippen molar-refractivity contribution < 1.29 is 0 Å². The van der Waals surface area contributed by atoms with E-state index in [1.54, 1.807) is 6.20 Å². The SMILES string of the molecule is CC(C)(C)c1cncc(-c2cncc(-c3cncc(-c4cncc(-c5cccnc5)c4)c3)c2)c1. The molecule has 0 aromatic carbocycles. The largest absolute Gasteiger partial charge is 0.264 e. The molecular weight excluding hydrogens is 418 g/mol. The molecular formula is C29H25N5. The Morgan fingerprint density at radius 1 is 0.441 bits per heavy atom. The molecule has 0 amide bonds. The van der Waals surface area contributed by atoms with Crippen molar-refractivity contribution in [1.82, 2.24) is 24.9 Å². The van der Waals surface area contributed by atoms with Crippen LogP contribution in [-0.4, -0.2) is 24.9 Å². The molecule has 5 rings (SSSR count). The summed E-state index contributed by atoms with van der Waals surface area (Å²) in [5.41, 5.74) is 9.36. The molecule has 0 aliphatic rings. The van der Waals surface area contributed by atoms with Gasteiger partial charge in [-0.2, -0.15) is 0 Å². The molecule has 0 atom stereocenters. The van der Waals surface area contributed by atoms with Crippen molar-refractivity contribution in [2.75, 3.05) is 0 Å². The number of hydrogen-bond acceptors (Lipinski definition) is 5. The normalized spacial score (nSPS) is 11.4. The first kappa shape index (κ1) is 21.6. The Hall–Kier alpha value is -4.25. The maximum Gasteiger partial charge on any atom is 0.0347 e. The second kappa shape index (κ2) is 8.94. The zero-order valence-corrected chi connectivity index (χ0v) is 19.5. The van der Waals surface area contributed by atoms with Gasteiger partial charge in [0.1, 0.15) is 0 Å². The van der Waals surface area contributed by atoms with Gasteiger partial charge in [0.15, 0.2) is 0 Å².